The number of hydrogen-bond acceptors (Lipinski definition) is 5. The summed E-state index contributed by atoms with van der Waals surface area (Å²) in [5.74, 6) is -1.63. The van der Waals surface area contributed by atoms with Gasteiger partial charge in [-0.1, -0.05) is 19.2 Å². The maximum Gasteiger partial charge on any atom is 0.333 e. The van der Waals surface area contributed by atoms with Crippen molar-refractivity contribution in [1.29, 1.82) is 0 Å². The number of ether oxygens (including phenoxy) is 1. The Hall–Kier alpha value is -1.92. The highest BCUT2D eigenvalue weighted by atomic mass is 16.5. The minimum atomic E-state index is -1.17. The minimum Gasteiger partial charge on any atom is -0.478 e. The van der Waals surface area contributed by atoms with E-state index in [0.29, 0.717) is 5.57 Å². The third-order valence-electron chi connectivity index (χ3n) is 1.74. The molecular formula is C13H20O6. The van der Waals surface area contributed by atoms with E-state index in [2.05, 4.69) is 24.5 Å². The second-order valence-corrected chi connectivity index (χ2v) is 3.51. The molecule has 0 radical (unpaired) electrons. The van der Waals surface area contributed by atoms with Gasteiger partial charge >= 0.3 is 11.9 Å². The van der Waals surface area contributed by atoms with Crippen LogP contribution < -0.4 is 0 Å². The first-order valence-corrected chi connectivity index (χ1v) is 5.42. The van der Waals surface area contributed by atoms with Crippen LogP contribution in [-0.4, -0.2) is 46.6 Å². The molecule has 0 aliphatic carbocycles. The molecule has 0 aliphatic heterocycles. The van der Waals surface area contributed by atoms with Crippen molar-refractivity contribution in [2.45, 2.75) is 19.4 Å². The molecule has 0 aromatic carbocycles. The molecule has 0 rings (SSSR count). The van der Waals surface area contributed by atoms with E-state index < -0.39 is 18.0 Å². The number of hydrogen-bond donors (Lipinski definition) is 3. The largest absolute Gasteiger partial charge is 0.478 e. The first kappa shape index (κ1) is 19.4. The Balaban J connectivity index is 0. The lowest BCUT2D eigenvalue weighted by Crippen LogP contribution is -2.15. The molecule has 0 fully saturated rings. The van der Waals surface area contributed by atoms with Crippen LogP contribution in [0.1, 0.15) is 13.3 Å². The summed E-state index contributed by atoms with van der Waals surface area (Å²) in [6.45, 7) is 11.3. The number of aliphatic carboxylic acids is 1. The van der Waals surface area contributed by atoms with Gasteiger partial charge in [0.1, 0.15) is 6.61 Å². The highest BCUT2D eigenvalue weighted by Gasteiger charge is 2.12. The molecule has 6 nitrogen and oxygen atoms in total. The molecule has 1 unspecified atom stereocenters. The molecule has 1 atom stereocenters. The van der Waals surface area contributed by atoms with Crippen LogP contribution in [0.2, 0.25) is 0 Å². The summed E-state index contributed by atoms with van der Waals surface area (Å²) in [5, 5.41) is 25.4. The standard InChI is InChI=1S/C7H10O3.C6H10O3/c1-3-4-6(8)5(2)7(9)10;1-5(2)6(8)9-4-3-7/h3,6,8H,1-2,4H2,(H,9,10);7H,1,3-4H2,2H3. The zero-order chi connectivity index (χ0) is 15.4. The topological polar surface area (TPSA) is 104 Å². The van der Waals surface area contributed by atoms with Crippen LogP contribution in [0.3, 0.4) is 0 Å². The summed E-state index contributed by atoms with van der Waals surface area (Å²) in [7, 11) is 0. The van der Waals surface area contributed by atoms with Crippen molar-refractivity contribution >= 4 is 11.9 Å². The zero-order valence-electron chi connectivity index (χ0n) is 11.0. The van der Waals surface area contributed by atoms with Gasteiger partial charge in [0.15, 0.2) is 0 Å². The van der Waals surface area contributed by atoms with E-state index in [1.54, 1.807) is 6.92 Å². The van der Waals surface area contributed by atoms with Crippen molar-refractivity contribution in [3.63, 3.8) is 0 Å². The van der Waals surface area contributed by atoms with Crippen LogP contribution in [-0.2, 0) is 14.3 Å². The van der Waals surface area contributed by atoms with Crippen LogP contribution in [0.5, 0.6) is 0 Å². The summed E-state index contributed by atoms with van der Waals surface area (Å²) in [6.07, 6.45) is 0.666. The monoisotopic (exact) mass is 272 g/mol. The number of esters is 1. The van der Waals surface area contributed by atoms with Gasteiger partial charge in [0, 0.05) is 5.57 Å². The van der Waals surface area contributed by atoms with Crippen molar-refractivity contribution in [2.75, 3.05) is 13.2 Å². The fourth-order valence-electron chi connectivity index (χ4n) is 0.704. The average molecular weight is 272 g/mol. The molecule has 0 amide bonds. The van der Waals surface area contributed by atoms with Crippen LogP contribution in [0.4, 0.5) is 0 Å². The van der Waals surface area contributed by atoms with E-state index >= 15 is 0 Å². The minimum absolute atomic E-state index is 0.0473. The number of carbonyl (C=O) groups excluding carboxylic acids is 1. The number of carboxylic acids is 1. The first-order chi connectivity index (χ1) is 8.77. The van der Waals surface area contributed by atoms with Gasteiger partial charge in [-0.25, -0.2) is 9.59 Å². The second-order valence-electron chi connectivity index (χ2n) is 3.51. The Morgan fingerprint density at radius 2 is 1.89 bits per heavy atom. The molecule has 3 N–H and O–H groups in total. The van der Waals surface area contributed by atoms with Gasteiger partial charge in [0.25, 0.3) is 0 Å². The molecule has 0 spiro atoms. The summed E-state index contributed by atoms with van der Waals surface area (Å²) < 4.78 is 4.46. The summed E-state index contributed by atoms with van der Waals surface area (Å²) in [5.41, 5.74) is 0.156. The second kappa shape index (κ2) is 11.2. The smallest absolute Gasteiger partial charge is 0.333 e. The van der Waals surface area contributed by atoms with Crippen molar-refractivity contribution in [3.05, 3.63) is 37.0 Å². The molecule has 19 heavy (non-hydrogen) atoms. The lowest BCUT2D eigenvalue weighted by Gasteiger charge is -2.05. The fourth-order valence-corrected chi connectivity index (χ4v) is 0.704. The molecule has 0 bridgehead atoms. The first-order valence-electron chi connectivity index (χ1n) is 5.42. The van der Waals surface area contributed by atoms with Gasteiger partial charge in [-0.2, -0.15) is 0 Å². The number of aliphatic hydroxyl groups excluding tert-OH is 2. The van der Waals surface area contributed by atoms with Crippen LogP contribution in [0.25, 0.3) is 0 Å². The van der Waals surface area contributed by atoms with E-state index in [9.17, 15) is 9.59 Å². The third kappa shape index (κ3) is 10.9. The number of carbonyl (C=O) groups is 2. The Bertz CT molecular complexity index is 345. The summed E-state index contributed by atoms with van der Waals surface area (Å²) >= 11 is 0. The van der Waals surface area contributed by atoms with E-state index in [-0.39, 0.29) is 25.2 Å². The highest BCUT2D eigenvalue weighted by Crippen LogP contribution is 2.03. The molecule has 0 saturated heterocycles. The van der Waals surface area contributed by atoms with Gasteiger partial charge in [0.05, 0.1) is 18.3 Å². The predicted octanol–water partition coefficient (Wildman–Crippen LogP) is 0.662. The Labute approximate surface area is 112 Å². The lowest BCUT2D eigenvalue weighted by atomic mass is 10.1. The van der Waals surface area contributed by atoms with E-state index in [1.165, 1.54) is 6.08 Å². The van der Waals surface area contributed by atoms with Gasteiger partial charge < -0.3 is 20.1 Å². The SMILES string of the molecule is C=C(C)C(=O)OCCO.C=CCC(O)C(=C)C(=O)O. The molecule has 0 aliphatic rings. The molecule has 0 aromatic rings. The predicted molar refractivity (Wildman–Crippen MR) is 70.5 cm³/mol. The summed E-state index contributed by atoms with van der Waals surface area (Å²) in [6, 6.07) is 0. The number of aliphatic hydroxyl groups is 2. The molecule has 0 aromatic heterocycles. The van der Waals surface area contributed by atoms with Gasteiger partial charge in [0.2, 0.25) is 0 Å². The quantitative estimate of drug-likeness (QED) is 0.357. The Kier molecular flexibility index (Phi) is 11.4. The molecular weight excluding hydrogens is 252 g/mol. The fraction of sp³-hybridized carbons (Fsp3) is 0.385. The van der Waals surface area contributed by atoms with Gasteiger partial charge in [-0.05, 0) is 13.3 Å². The maximum absolute atomic E-state index is 10.5. The van der Waals surface area contributed by atoms with Crippen LogP contribution >= 0.6 is 0 Å². The zero-order valence-corrected chi connectivity index (χ0v) is 11.0. The molecule has 0 heterocycles. The van der Waals surface area contributed by atoms with Gasteiger partial charge in [-0.3, -0.25) is 0 Å². The maximum atomic E-state index is 10.5. The summed E-state index contributed by atoms with van der Waals surface area (Å²) in [4.78, 5) is 20.6. The molecule has 108 valence electrons. The molecule has 0 saturated carbocycles. The van der Waals surface area contributed by atoms with Crippen LogP contribution in [0.15, 0.2) is 37.0 Å². The highest BCUT2D eigenvalue weighted by molar-refractivity contribution is 5.87. The van der Waals surface area contributed by atoms with E-state index in [1.807, 2.05) is 0 Å². The Morgan fingerprint density at radius 1 is 1.37 bits per heavy atom. The third-order valence-corrected chi connectivity index (χ3v) is 1.74. The normalized spacial score (nSPS) is 10.5. The van der Waals surface area contributed by atoms with E-state index in [4.69, 9.17) is 15.3 Å². The van der Waals surface area contributed by atoms with Gasteiger partial charge in [-0.15, -0.1) is 6.58 Å². The average Bonchev–Trinajstić information content (AvgIpc) is 2.35. The lowest BCUT2D eigenvalue weighted by molar-refractivity contribution is -0.140. The Morgan fingerprint density at radius 3 is 2.21 bits per heavy atom. The van der Waals surface area contributed by atoms with E-state index in [0.717, 1.165) is 0 Å². The van der Waals surface area contributed by atoms with Crippen molar-refractivity contribution in [2.24, 2.45) is 0 Å². The van der Waals surface area contributed by atoms with Crippen LogP contribution in [0, 0.1) is 0 Å². The van der Waals surface area contributed by atoms with Crippen molar-refractivity contribution < 1.29 is 29.6 Å². The molecule has 6 heteroatoms. The number of carboxylic acid groups (broad SMARTS) is 1. The van der Waals surface area contributed by atoms with Crippen molar-refractivity contribution in [1.82, 2.24) is 0 Å². The number of rotatable bonds is 7. The van der Waals surface area contributed by atoms with Crippen molar-refractivity contribution in [3.8, 4) is 0 Å².